The average molecular weight is 240 g/mol. The monoisotopic (exact) mass is 240 g/mol. The van der Waals surface area contributed by atoms with Crippen LogP contribution in [0.3, 0.4) is 0 Å². The van der Waals surface area contributed by atoms with E-state index < -0.39 is 18.0 Å². The van der Waals surface area contributed by atoms with Crippen molar-refractivity contribution in [1.82, 2.24) is 0 Å². The fourth-order valence-electron chi connectivity index (χ4n) is 0.856. The van der Waals surface area contributed by atoms with Crippen molar-refractivity contribution in [3.05, 3.63) is 35.9 Å². The molecular weight excluding hydrogens is 224 g/mol. The van der Waals surface area contributed by atoms with E-state index in [-0.39, 0.29) is 6.61 Å². The standard InChI is InChI=1S/C7H8.C5H8O5/c1-7-5-3-2-4-6-7;1-2-10-5(9)3(6)4(7)8/h2-6H,1H3;3,6H,2H2,1H3,(H,7,8). The Hall–Kier alpha value is -1.88. The van der Waals surface area contributed by atoms with Gasteiger partial charge in [-0.2, -0.15) is 0 Å². The van der Waals surface area contributed by atoms with Crippen LogP contribution in [0.2, 0.25) is 0 Å². The Kier molecular flexibility index (Phi) is 7.38. The highest BCUT2D eigenvalue weighted by Crippen LogP contribution is 1.92. The third-order valence-electron chi connectivity index (χ3n) is 1.68. The van der Waals surface area contributed by atoms with Gasteiger partial charge in [-0.3, -0.25) is 0 Å². The second kappa shape index (κ2) is 8.29. The highest BCUT2D eigenvalue weighted by Gasteiger charge is 2.23. The second-order valence-electron chi connectivity index (χ2n) is 3.15. The molecule has 17 heavy (non-hydrogen) atoms. The summed E-state index contributed by atoms with van der Waals surface area (Å²) < 4.78 is 4.20. The zero-order chi connectivity index (χ0) is 13.3. The summed E-state index contributed by atoms with van der Waals surface area (Å²) in [7, 11) is 0. The van der Waals surface area contributed by atoms with E-state index in [1.165, 1.54) is 12.5 Å². The number of carbonyl (C=O) groups excluding carboxylic acids is 1. The van der Waals surface area contributed by atoms with Crippen LogP contribution in [0.15, 0.2) is 30.3 Å². The van der Waals surface area contributed by atoms with Crippen LogP contribution in [0.5, 0.6) is 0 Å². The summed E-state index contributed by atoms with van der Waals surface area (Å²) in [6.07, 6.45) is -2.06. The summed E-state index contributed by atoms with van der Waals surface area (Å²) in [5.41, 5.74) is 1.32. The maximum Gasteiger partial charge on any atom is 0.346 e. The van der Waals surface area contributed by atoms with Crippen LogP contribution in [0, 0.1) is 6.92 Å². The summed E-state index contributed by atoms with van der Waals surface area (Å²) in [6, 6.07) is 10.3. The van der Waals surface area contributed by atoms with E-state index in [4.69, 9.17) is 10.2 Å². The molecule has 1 aromatic carbocycles. The largest absolute Gasteiger partial charge is 0.479 e. The van der Waals surface area contributed by atoms with E-state index in [0.717, 1.165) is 0 Å². The smallest absolute Gasteiger partial charge is 0.346 e. The number of esters is 1. The predicted molar refractivity (Wildman–Crippen MR) is 61.5 cm³/mol. The van der Waals surface area contributed by atoms with Gasteiger partial charge in [-0.05, 0) is 13.8 Å². The molecule has 0 saturated heterocycles. The minimum absolute atomic E-state index is 0.0587. The molecule has 0 bridgehead atoms. The van der Waals surface area contributed by atoms with Crippen molar-refractivity contribution in [1.29, 1.82) is 0 Å². The fourth-order valence-corrected chi connectivity index (χ4v) is 0.856. The van der Waals surface area contributed by atoms with Crippen LogP contribution in [-0.2, 0) is 14.3 Å². The molecule has 0 aliphatic rings. The lowest BCUT2D eigenvalue weighted by molar-refractivity contribution is -0.164. The van der Waals surface area contributed by atoms with Crippen molar-refractivity contribution in [3.8, 4) is 0 Å². The predicted octanol–water partition coefficient (Wildman–Crippen LogP) is 0.990. The van der Waals surface area contributed by atoms with Gasteiger partial charge in [-0.15, -0.1) is 0 Å². The minimum atomic E-state index is -2.06. The molecule has 1 atom stereocenters. The third kappa shape index (κ3) is 7.08. The first-order chi connectivity index (χ1) is 7.99. The van der Waals surface area contributed by atoms with E-state index in [1.54, 1.807) is 0 Å². The van der Waals surface area contributed by atoms with E-state index >= 15 is 0 Å². The molecular formula is C12H16O5. The molecule has 1 aromatic rings. The number of carbonyl (C=O) groups is 2. The molecule has 0 aliphatic carbocycles. The molecule has 0 spiro atoms. The minimum Gasteiger partial charge on any atom is -0.479 e. The molecule has 0 radical (unpaired) electrons. The van der Waals surface area contributed by atoms with Crippen molar-refractivity contribution in [2.24, 2.45) is 0 Å². The number of aliphatic hydroxyl groups is 1. The van der Waals surface area contributed by atoms with Crippen LogP contribution in [-0.4, -0.2) is 34.9 Å². The van der Waals surface area contributed by atoms with Crippen molar-refractivity contribution in [2.45, 2.75) is 20.0 Å². The lowest BCUT2D eigenvalue weighted by Gasteiger charge is -2.02. The number of carboxylic acid groups (broad SMARTS) is 1. The Labute approximate surface area is 99.7 Å². The first-order valence-electron chi connectivity index (χ1n) is 5.08. The van der Waals surface area contributed by atoms with Crippen LogP contribution < -0.4 is 0 Å². The molecule has 2 N–H and O–H groups in total. The highest BCUT2D eigenvalue weighted by molar-refractivity contribution is 5.96. The van der Waals surface area contributed by atoms with Gasteiger partial charge >= 0.3 is 11.9 Å². The maximum atomic E-state index is 10.3. The molecule has 0 heterocycles. The molecule has 0 amide bonds. The molecule has 0 saturated carbocycles. The number of carboxylic acids is 1. The summed E-state index contributed by atoms with van der Waals surface area (Å²) in [5.74, 6) is -2.73. The zero-order valence-corrected chi connectivity index (χ0v) is 9.79. The molecule has 1 unspecified atom stereocenters. The van der Waals surface area contributed by atoms with Gasteiger partial charge in [0.25, 0.3) is 0 Å². The van der Waals surface area contributed by atoms with E-state index in [1.807, 2.05) is 18.2 Å². The number of benzene rings is 1. The second-order valence-corrected chi connectivity index (χ2v) is 3.15. The van der Waals surface area contributed by atoms with Gasteiger partial charge < -0.3 is 14.9 Å². The lowest BCUT2D eigenvalue weighted by Crippen LogP contribution is -2.31. The quantitative estimate of drug-likeness (QED) is 0.608. The summed E-state index contributed by atoms with van der Waals surface area (Å²) in [6.45, 7) is 3.66. The normalized spacial score (nSPS) is 10.8. The first-order valence-corrected chi connectivity index (χ1v) is 5.08. The molecule has 1 rings (SSSR count). The van der Waals surface area contributed by atoms with Crippen LogP contribution in [0.25, 0.3) is 0 Å². The van der Waals surface area contributed by atoms with Crippen molar-refractivity contribution in [2.75, 3.05) is 6.61 Å². The van der Waals surface area contributed by atoms with Gasteiger partial charge in [-0.25, -0.2) is 9.59 Å². The number of aryl methyl sites for hydroxylation is 1. The highest BCUT2D eigenvalue weighted by atomic mass is 16.6. The third-order valence-corrected chi connectivity index (χ3v) is 1.68. The Morgan fingerprint density at radius 1 is 1.29 bits per heavy atom. The van der Waals surface area contributed by atoms with Gasteiger partial charge in [0.05, 0.1) is 6.61 Å². The molecule has 0 aromatic heterocycles. The SMILES string of the molecule is CCOC(=O)C(O)C(=O)O.Cc1ccccc1. The van der Waals surface area contributed by atoms with E-state index in [9.17, 15) is 9.59 Å². The van der Waals surface area contributed by atoms with Crippen LogP contribution in [0.1, 0.15) is 12.5 Å². The molecule has 94 valence electrons. The van der Waals surface area contributed by atoms with Crippen molar-refractivity contribution in [3.63, 3.8) is 0 Å². The molecule has 5 heteroatoms. The molecule has 5 nitrogen and oxygen atoms in total. The fraction of sp³-hybridized carbons (Fsp3) is 0.333. The average Bonchev–Trinajstić information content (AvgIpc) is 2.30. The molecule has 0 fully saturated rings. The number of aliphatic carboxylic acids is 1. The summed E-state index contributed by atoms with van der Waals surface area (Å²) in [4.78, 5) is 20.2. The van der Waals surface area contributed by atoms with Gasteiger partial charge in [-0.1, -0.05) is 35.9 Å². The van der Waals surface area contributed by atoms with Crippen LogP contribution in [0.4, 0.5) is 0 Å². The van der Waals surface area contributed by atoms with Gasteiger partial charge in [0.1, 0.15) is 0 Å². The summed E-state index contributed by atoms with van der Waals surface area (Å²) in [5, 5.41) is 16.5. The van der Waals surface area contributed by atoms with E-state index in [0.29, 0.717) is 0 Å². The number of aliphatic hydroxyl groups excluding tert-OH is 1. The number of rotatable bonds is 3. The Morgan fingerprint density at radius 2 is 1.82 bits per heavy atom. The lowest BCUT2D eigenvalue weighted by atomic mass is 10.2. The number of ether oxygens (including phenoxy) is 1. The number of hydrogen-bond acceptors (Lipinski definition) is 4. The Morgan fingerprint density at radius 3 is 2.12 bits per heavy atom. The first kappa shape index (κ1) is 15.1. The van der Waals surface area contributed by atoms with E-state index in [2.05, 4.69) is 23.8 Å². The van der Waals surface area contributed by atoms with Gasteiger partial charge in [0.2, 0.25) is 6.10 Å². The molecule has 0 aliphatic heterocycles. The zero-order valence-electron chi connectivity index (χ0n) is 9.79. The maximum absolute atomic E-state index is 10.3. The summed E-state index contributed by atoms with van der Waals surface area (Å²) >= 11 is 0. The van der Waals surface area contributed by atoms with Crippen molar-refractivity contribution < 1.29 is 24.5 Å². The van der Waals surface area contributed by atoms with Crippen molar-refractivity contribution >= 4 is 11.9 Å². The topological polar surface area (TPSA) is 83.8 Å². The van der Waals surface area contributed by atoms with Crippen LogP contribution >= 0.6 is 0 Å². The van der Waals surface area contributed by atoms with Gasteiger partial charge in [0.15, 0.2) is 0 Å². The Bertz CT molecular complexity index is 347. The Balaban J connectivity index is 0.000000318. The number of hydrogen-bond donors (Lipinski definition) is 2. The van der Waals surface area contributed by atoms with Gasteiger partial charge in [0, 0.05) is 0 Å².